The highest BCUT2D eigenvalue weighted by molar-refractivity contribution is 6.35. The van der Waals surface area contributed by atoms with Crippen LogP contribution in [0, 0.1) is 5.92 Å². The van der Waals surface area contributed by atoms with Gasteiger partial charge >= 0.3 is 0 Å². The highest BCUT2D eigenvalue weighted by atomic mass is 35.5. The van der Waals surface area contributed by atoms with E-state index in [2.05, 4.69) is 37.9 Å². The Balaban J connectivity index is 0.694. The van der Waals surface area contributed by atoms with Gasteiger partial charge in [-0.3, -0.25) is 33.9 Å². The fourth-order valence-corrected chi connectivity index (χ4v) is 13.8. The van der Waals surface area contributed by atoms with Gasteiger partial charge in [0.25, 0.3) is 11.5 Å². The third-order valence-electron chi connectivity index (χ3n) is 17.1. The predicted octanol–water partition coefficient (Wildman–Crippen LogP) is 7.05. The fraction of sp³-hybridized carbons (Fsp3) is 0.529. The lowest BCUT2D eigenvalue weighted by Crippen LogP contribution is -2.52. The van der Waals surface area contributed by atoms with E-state index >= 15 is 0 Å². The molecule has 2 spiro atoms. The molecule has 332 valence electrons. The molecule has 8 aliphatic rings. The Kier molecular flexibility index (Phi) is 9.64. The van der Waals surface area contributed by atoms with E-state index < -0.39 is 11.9 Å². The maximum Gasteiger partial charge on any atom is 0.282 e. The largest absolute Gasteiger partial charge is 0.492 e. The summed E-state index contributed by atoms with van der Waals surface area (Å²) in [4.78, 5) is 76.8. The second kappa shape index (κ2) is 15.3. The van der Waals surface area contributed by atoms with Crippen molar-refractivity contribution in [2.75, 3.05) is 32.8 Å². The van der Waals surface area contributed by atoms with Gasteiger partial charge in [0.1, 0.15) is 17.6 Å². The first-order valence-corrected chi connectivity index (χ1v) is 24.3. The zero-order valence-electron chi connectivity index (χ0n) is 36.3. The minimum Gasteiger partial charge on any atom is -0.492 e. The summed E-state index contributed by atoms with van der Waals surface area (Å²) in [5.41, 5.74) is 6.54. The van der Waals surface area contributed by atoms with Crippen LogP contribution in [-0.4, -0.2) is 92.7 Å². The summed E-state index contributed by atoms with van der Waals surface area (Å²) in [6, 6.07) is 16.5. The Morgan fingerprint density at radius 1 is 0.844 bits per heavy atom. The molecule has 6 aliphatic heterocycles. The minimum absolute atomic E-state index is 0.0434. The van der Waals surface area contributed by atoms with Gasteiger partial charge in [0.15, 0.2) is 0 Å². The van der Waals surface area contributed by atoms with E-state index in [4.69, 9.17) is 21.3 Å². The Morgan fingerprint density at radius 2 is 1.66 bits per heavy atom. The summed E-state index contributed by atoms with van der Waals surface area (Å²) in [6.45, 7) is 4.27. The topological polar surface area (TPSA) is 134 Å². The monoisotopic (exact) mass is 882 g/mol. The van der Waals surface area contributed by atoms with Gasteiger partial charge in [-0.2, -0.15) is 4.98 Å². The molecule has 2 unspecified atom stereocenters. The number of hydrogen-bond acceptors (Lipinski definition) is 8. The van der Waals surface area contributed by atoms with Crippen molar-refractivity contribution in [3.63, 3.8) is 0 Å². The van der Waals surface area contributed by atoms with Crippen molar-refractivity contribution in [3.8, 4) is 11.4 Å². The Labute approximate surface area is 377 Å². The summed E-state index contributed by atoms with van der Waals surface area (Å²) in [5.74, 6) is 1.56. The summed E-state index contributed by atoms with van der Waals surface area (Å²) < 4.78 is 8.64. The highest BCUT2D eigenvalue weighted by Gasteiger charge is 2.50. The van der Waals surface area contributed by atoms with E-state index in [1.54, 1.807) is 11.0 Å². The molecule has 3 aromatic carbocycles. The van der Waals surface area contributed by atoms with Gasteiger partial charge in [-0.15, -0.1) is 0 Å². The second-order valence-electron chi connectivity index (χ2n) is 20.2. The smallest absolute Gasteiger partial charge is 0.282 e. The predicted molar refractivity (Wildman–Crippen MR) is 241 cm³/mol. The molecule has 5 fully saturated rings. The third kappa shape index (κ3) is 6.17. The van der Waals surface area contributed by atoms with Gasteiger partial charge in [0, 0.05) is 53.6 Å². The molecule has 0 bridgehead atoms. The zero-order chi connectivity index (χ0) is 43.5. The quantitative estimate of drug-likeness (QED) is 0.216. The molecule has 3 saturated heterocycles. The number of carbonyl (C=O) groups is 4. The van der Waals surface area contributed by atoms with Crippen LogP contribution in [0.3, 0.4) is 0 Å². The van der Waals surface area contributed by atoms with E-state index in [0.29, 0.717) is 66.5 Å². The number of piperidine rings is 3. The molecule has 1 N–H and O–H groups in total. The number of imide groups is 1. The van der Waals surface area contributed by atoms with Gasteiger partial charge in [0.2, 0.25) is 17.7 Å². The number of benzene rings is 3. The maximum absolute atomic E-state index is 14.2. The van der Waals surface area contributed by atoms with Gasteiger partial charge in [0.05, 0.1) is 40.2 Å². The molecule has 12 rings (SSSR count). The number of hydrogen-bond donors (Lipinski definition) is 1. The number of fused-ring (bicyclic) bond motifs is 11. The van der Waals surface area contributed by atoms with Crippen molar-refractivity contribution in [2.45, 2.75) is 132 Å². The van der Waals surface area contributed by atoms with Crippen molar-refractivity contribution in [3.05, 3.63) is 97.5 Å². The number of rotatable bonds is 4. The number of nitrogens with zero attached hydrogens (tertiary/aromatic N) is 5. The molecule has 1 aromatic heterocycles. The summed E-state index contributed by atoms with van der Waals surface area (Å²) in [6.07, 6.45) is 13.9. The first kappa shape index (κ1) is 40.4. The zero-order valence-corrected chi connectivity index (χ0v) is 37.1. The molecule has 3 atom stereocenters. The van der Waals surface area contributed by atoms with Crippen molar-refractivity contribution in [2.24, 2.45) is 5.92 Å². The van der Waals surface area contributed by atoms with Gasteiger partial charge in [-0.25, -0.2) is 0 Å². The fourth-order valence-electron chi connectivity index (χ4n) is 13.6. The normalized spacial score (nSPS) is 26.2. The average molecular weight is 883 g/mol. The van der Waals surface area contributed by atoms with E-state index in [-0.39, 0.29) is 40.5 Å². The summed E-state index contributed by atoms with van der Waals surface area (Å²) in [5, 5.41) is 3.34. The SMILES string of the molecule is O=C1CC[C@H](N2Cc3c(ccc4c3OCC43CCN(C(=O)C4CCCC(N5CCC(c6ccc7c(c6)C6(CCCCC6)c6nc(=O)c8c(Cl)cccc8n6-7)CC5)C4)CC3)C2=O)C(=O)N1. The Bertz CT molecular complexity index is 2710. The summed E-state index contributed by atoms with van der Waals surface area (Å²) >= 11 is 6.60. The number of ether oxygens (including phenoxy) is 1. The first-order valence-electron chi connectivity index (χ1n) is 24.0. The lowest BCUT2D eigenvalue weighted by Gasteiger charge is -2.43. The van der Waals surface area contributed by atoms with E-state index in [1.165, 1.54) is 17.5 Å². The van der Waals surface area contributed by atoms with E-state index in [0.717, 1.165) is 124 Å². The van der Waals surface area contributed by atoms with Crippen molar-refractivity contribution >= 4 is 46.1 Å². The van der Waals surface area contributed by atoms with Crippen LogP contribution < -0.4 is 15.6 Å². The van der Waals surface area contributed by atoms with Crippen LogP contribution in [0.1, 0.15) is 141 Å². The molecule has 4 aromatic rings. The molecule has 2 saturated carbocycles. The summed E-state index contributed by atoms with van der Waals surface area (Å²) in [7, 11) is 0. The third-order valence-corrected chi connectivity index (χ3v) is 17.4. The number of likely N-dealkylation sites (tertiary alicyclic amines) is 2. The van der Waals surface area contributed by atoms with Gasteiger partial charge in [-0.1, -0.05) is 61.5 Å². The van der Waals surface area contributed by atoms with E-state index in [1.807, 2.05) is 24.3 Å². The Morgan fingerprint density at radius 3 is 2.45 bits per heavy atom. The molecule has 2 aliphatic carbocycles. The van der Waals surface area contributed by atoms with E-state index in [9.17, 15) is 24.0 Å². The molecule has 4 amide bonds. The minimum atomic E-state index is -0.662. The van der Waals surface area contributed by atoms with Crippen LogP contribution in [0.15, 0.2) is 53.3 Å². The maximum atomic E-state index is 14.2. The van der Waals surface area contributed by atoms with Crippen LogP contribution in [-0.2, 0) is 31.8 Å². The van der Waals surface area contributed by atoms with Crippen LogP contribution in [0.5, 0.6) is 5.75 Å². The molecule has 12 nitrogen and oxygen atoms in total. The van der Waals surface area contributed by atoms with Crippen LogP contribution in [0.25, 0.3) is 16.6 Å². The average Bonchev–Trinajstić information content (AvgIpc) is 3.93. The molecule has 13 heteroatoms. The number of halogens is 1. The molecule has 64 heavy (non-hydrogen) atoms. The number of aromatic nitrogens is 2. The molecular weight excluding hydrogens is 828 g/mol. The van der Waals surface area contributed by atoms with Crippen molar-refractivity contribution in [1.29, 1.82) is 0 Å². The lowest BCUT2D eigenvalue weighted by atomic mass is 9.69. The van der Waals surface area contributed by atoms with Crippen molar-refractivity contribution < 1.29 is 23.9 Å². The molecular formula is C51H55ClN6O6. The molecule has 7 heterocycles. The standard InChI is InChI=1S/C51H55ClN6O6/c52-38-8-5-9-40-43(38)46(61)54-49-51(18-2-1-3-19-51)37-27-31(10-13-39(37)58(40)49)30-16-22-55(23-17-30)33-7-4-6-32(26-33)47(62)56-24-20-50(21-25-56)29-64-44-35-28-57(41-14-15-42(59)53-45(41)60)48(63)34(35)11-12-36(44)50/h5,8-13,27,30,32-33,41H,1-4,6-7,14-26,28-29H2,(H,53,59,60)/t32?,33?,41-/m0/s1. The van der Waals surface area contributed by atoms with Crippen molar-refractivity contribution in [1.82, 2.24) is 29.6 Å². The van der Waals surface area contributed by atoms with Gasteiger partial charge in [-0.05, 0) is 119 Å². The van der Waals surface area contributed by atoms with Crippen LogP contribution in [0.4, 0.5) is 0 Å². The van der Waals surface area contributed by atoms with Crippen LogP contribution >= 0.6 is 11.6 Å². The number of amides is 4. The lowest BCUT2D eigenvalue weighted by molar-refractivity contribution is -0.139. The molecule has 0 radical (unpaired) electrons. The number of carbonyl (C=O) groups excluding carboxylic acids is 4. The highest BCUT2D eigenvalue weighted by Crippen LogP contribution is 2.53. The first-order chi connectivity index (χ1) is 31.1. The van der Waals surface area contributed by atoms with Gasteiger partial charge < -0.3 is 19.4 Å². The Hall–Kier alpha value is -5.07. The van der Waals surface area contributed by atoms with Crippen LogP contribution in [0.2, 0.25) is 5.02 Å². The number of nitrogens with one attached hydrogen (secondary N) is 1. The second-order valence-corrected chi connectivity index (χ2v) is 20.6.